The van der Waals surface area contributed by atoms with Gasteiger partial charge in [0, 0.05) is 11.8 Å². The normalized spacial score (nSPS) is 58.8. The average Bonchev–Trinajstić information content (AvgIpc) is 3.00. The van der Waals surface area contributed by atoms with Crippen molar-refractivity contribution < 1.29 is 14.6 Å². The predicted octanol–water partition coefficient (Wildman–Crippen LogP) is 6.68. The number of hydrogen-bond donors (Lipinski definition) is 1. The van der Waals surface area contributed by atoms with E-state index in [9.17, 15) is 9.90 Å². The Balaban J connectivity index is 1.43. The molecule has 3 nitrogen and oxygen atoms in total. The summed E-state index contributed by atoms with van der Waals surface area (Å²) in [6.45, 7) is 17.1. The van der Waals surface area contributed by atoms with Crippen molar-refractivity contribution in [3.8, 4) is 0 Å². The van der Waals surface area contributed by atoms with Gasteiger partial charge >= 0.3 is 5.97 Å². The van der Waals surface area contributed by atoms with E-state index in [0.717, 1.165) is 25.7 Å². The first-order chi connectivity index (χ1) is 15.2. The summed E-state index contributed by atoms with van der Waals surface area (Å²) in [5.74, 6) is 1.79. The van der Waals surface area contributed by atoms with Crippen LogP contribution in [0.1, 0.15) is 106 Å². The number of esters is 1. The number of carbonyl (C=O) groups is 1. The summed E-state index contributed by atoms with van der Waals surface area (Å²) in [7, 11) is 0. The number of rotatable bonds is 0. The van der Waals surface area contributed by atoms with E-state index in [1.54, 1.807) is 5.57 Å². The van der Waals surface area contributed by atoms with Crippen LogP contribution in [0.2, 0.25) is 0 Å². The van der Waals surface area contributed by atoms with Gasteiger partial charge in [-0.2, -0.15) is 0 Å². The van der Waals surface area contributed by atoms with Crippen LogP contribution in [0, 0.1) is 50.2 Å². The third kappa shape index (κ3) is 2.44. The van der Waals surface area contributed by atoms with Crippen LogP contribution in [0.4, 0.5) is 0 Å². The summed E-state index contributed by atoms with van der Waals surface area (Å²) in [4.78, 5) is 12.8. The molecule has 6 rings (SSSR count). The maximum absolute atomic E-state index is 12.8. The van der Waals surface area contributed by atoms with Crippen LogP contribution in [0.25, 0.3) is 0 Å². The molecule has 0 aromatic carbocycles. The Kier molecular flexibility index (Phi) is 4.31. The highest BCUT2D eigenvalue weighted by Gasteiger charge is 2.70. The maximum atomic E-state index is 12.8. The molecule has 5 fully saturated rings. The number of ether oxygens (including phenoxy) is 1. The van der Waals surface area contributed by atoms with Gasteiger partial charge in [-0.1, -0.05) is 53.2 Å². The summed E-state index contributed by atoms with van der Waals surface area (Å²) in [5.41, 5.74) is 2.25. The second kappa shape index (κ2) is 6.29. The first-order valence-electron chi connectivity index (χ1n) is 13.8. The zero-order chi connectivity index (χ0) is 23.8. The summed E-state index contributed by atoms with van der Waals surface area (Å²) in [5, 5.41) is 10.9. The molecule has 5 aliphatic carbocycles. The molecule has 1 heterocycles. The number of fused-ring (bicyclic) bond motifs is 10. The van der Waals surface area contributed by atoms with Crippen LogP contribution in [0.3, 0.4) is 0 Å². The van der Waals surface area contributed by atoms with Crippen LogP contribution >= 0.6 is 0 Å². The summed E-state index contributed by atoms with van der Waals surface area (Å²) in [6, 6.07) is 0. The molecular weight excluding hydrogens is 408 g/mol. The van der Waals surface area contributed by atoms with Crippen LogP contribution in [0.15, 0.2) is 11.6 Å². The Labute approximate surface area is 201 Å². The van der Waals surface area contributed by atoms with E-state index in [1.165, 1.54) is 32.1 Å². The van der Waals surface area contributed by atoms with Gasteiger partial charge in [0.1, 0.15) is 6.10 Å². The highest BCUT2D eigenvalue weighted by Crippen LogP contribution is 2.76. The Bertz CT molecular complexity index is 935. The van der Waals surface area contributed by atoms with Crippen molar-refractivity contribution in [2.24, 2.45) is 50.2 Å². The van der Waals surface area contributed by atoms with Gasteiger partial charge in [-0.05, 0) is 97.7 Å². The van der Waals surface area contributed by atoms with E-state index in [4.69, 9.17) is 4.74 Å². The van der Waals surface area contributed by atoms with E-state index in [0.29, 0.717) is 17.8 Å². The van der Waals surface area contributed by atoms with Gasteiger partial charge in [-0.3, -0.25) is 4.79 Å². The molecule has 0 aromatic heterocycles. The summed E-state index contributed by atoms with van der Waals surface area (Å²) >= 11 is 0. The zero-order valence-electron chi connectivity index (χ0n) is 22.1. The van der Waals surface area contributed by atoms with Crippen LogP contribution < -0.4 is 0 Å². The van der Waals surface area contributed by atoms with Crippen molar-refractivity contribution >= 4 is 5.97 Å². The van der Waals surface area contributed by atoms with E-state index in [1.807, 2.05) is 0 Å². The lowest BCUT2D eigenvalue weighted by atomic mass is 9.33. The third-order valence-corrected chi connectivity index (χ3v) is 13.6. The molecular formula is C30H46O3. The number of carbonyl (C=O) groups excluding carboxylic acids is 1. The number of allylic oxidation sites excluding steroid dienone is 2. The Morgan fingerprint density at radius 1 is 0.879 bits per heavy atom. The fourth-order valence-electron chi connectivity index (χ4n) is 11.1. The lowest BCUT2D eigenvalue weighted by molar-refractivity contribution is -0.204. The molecule has 4 saturated carbocycles. The van der Waals surface area contributed by atoms with E-state index < -0.39 is 0 Å². The number of aliphatic hydroxyl groups is 1. The molecule has 1 aliphatic heterocycles. The molecule has 1 N–H and O–H groups in total. The van der Waals surface area contributed by atoms with Crippen molar-refractivity contribution in [2.75, 3.05) is 0 Å². The molecule has 6 aliphatic rings. The number of hydrogen-bond acceptors (Lipinski definition) is 3. The molecule has 2 bridgehead atoms. The predicted molar refractivity (Wildman–Crippen MR) is 130 cm³/mol. The summed E-state index contributed by atoms with van der Waals surface area (Å²) < 4.78 is 6.03. The maximum Gasteiger partial charge on any atom is 0.312 e. The minimum Gasteiger partial charge on any atom is -0.461 e. The second-order valence-electron chi connectivity index (χ2n) is 15.1. The molecule has 10 atom stereocenters. The van der Waals surface area contributed by atoms with Gasteiger partial charge in [-0.25, -0.2) is 0 Å². The molecule has 33 heavy (non-hydrogen) atoms. The van der Waals surface area contributed by atoms with Crippen molar-refractivity contribution in [3.05, 3.63) is 11.6 Å². The first-order valence-corrected chi connectivity index (χ1v) is 13.8. The van der Waals surface area contributed by atoms with Gasteiger partial charge in [0.15, 0.2) is 0 Å². The molecule has 0 spiro atoms. The minimum atomic E-state index is -0.293. The number of aliphatic hydroxyl groups excluding tert-OH is 1. The van der Waals surface area contributed by atoms with Crippen LogP contribution in [-0.4, -0.2) is 23.3 Å². The molecule has 0 radical (unpaired) electrons. The van der Waals surface area contributed by atoms with E-state index in [2.05, 4.69) is 54.5 Å². The SMILES string of the molecule is CC1(C)C2CC[C@]3(C)C(CC=C4C5C[C@@]6(C)C[C@H](OC6=O)[C@]5(C)CC[C@]43C)[C@@]2(C)CC[C@@H]1O. The molecule has 1 saturated heterocycles. The van der Waals surface area contributed by atoms with Crippen LogP contribution in [-0.2, 0) is 9.53 Å². The van der Waals surface area contributed by atoms with Crippen LogP contribution in [0.5, 0.6) is 0 Å². The van der Waals surface area contributed by atoms with Gasteiger partial charge in [0.05, 0.1) is 11.5 Å². The zero-order valence-corrected chi connectivity index (χ0v) is 22.1. The van der Waals surface area contributed by atoms with Gasteiger partial charge < -0.3 is 9.84 Å². The highest BCUT2D eigenvalue weighted by molar-refractivity contribution is 5.79. The smallest absolute Gasteiger partial charge is 0.312 e. The lowest BCUT2D eigenvalue weighted by Gasteiger charge is -2.71. The van der Waals surface area contributed by atoms with Crippen molar-refractivity contribution in [3.63, 3.8) is 0 Å². The topological polar surface area (TPSA) is 46.5 Å². The van der Waals surface area contributed by atoms with Crippen molar-refractivity contribution in [1.29, 1.82) is 0 Å². The van der Waals surface area contributed by atoms with E-state index in [-0.39, 0.29) is 50.7 Å². The average molecular weight is 455 g/mol. The van der Waals surface area contributed by atoms with Crippen molar-refractivity contribution in [1.82, 2.24) is 0 Å². The fraction of sp³-hybridized carbons (Fsp3) is 0.900. The Hall–Kier alpha value is -0.830. The Morgan fingerprint density at radius 3 is 2.33 bits per heavy atom. The molecule has 184 valence electrons. The van der Waals surface area contributed by atoms with Gasteiger partial charge in [-0.15, -0.1) is 0 Å². The standard InChI is InChI=1S/C30H46O3/c1-25(2)20-10-13-30(7)21(28(20,5)12-11-22(25)31)9-8-18-19-16-26(3)17-23(33-24(26)32)27(19,4)14-15-29(18,30)6/h8,19-23,31H,9-17H2,1-7H3/t19?,20?,21?,22-,23-,26-,27+,28-,29+,30+/m0/s1. The largest absolute Gasteiger partial charge is 0.461 e. The Morgan fingerprint density at radius 2 is 1.61 bits per heavy atom. The van der Waals surface area contributed by atoms with Gasteiger partial charge in [0.25, 0.3) is 0 Å². The van der Waals surface area contributed by atoms with Gasteiger partial charge in [0.2, 0.25) is 0 Å². The second-order valence-corrected chi connectivity index (χ2v) is 15.1. The fourth-order valence-corrected chi connectivity index (χ4v) is 11.1. The van der Waals surface area contributed by atoms with E-state index >= 15 is 0 Å². The molecule has 3 unspecified atom stereocenters. The minimum absolute atomic E-state index is 0.000773. The monoisotopic (exact) mass is 454 g/mol. The lowest BCUT2D eigenvalue weighted by Crippen LogP contribution is -2.65. The summed E-state index contributed by atoms with van der Waals surface area (Å²) in [6.07, 6.45) is 12.6. The highest BCUT2D eigenvalue weighted by atomic mass is 16.6. The first kappa shape index (κ1) is 22.6. The molecule has 3 heteroatoms. The molecule has 0 amide bonds. The molecule has 0 aromatic rings. The van der Waals surface area contributed by atoms with Crippen molar-refractivity contribution in [2.45, 2.75) is 118 Å². The third-order valence-electron chi connectivity index (χ3n) is 13.6. The quantitative estimate of drug-likeness (QED) is 0.328.